The third kappa shape index (κ3) is 5.05. The lowest BCUT2D eigenvalue weighted by Gasteiger charge is -2.31. The first-order valence-corrected chi connectivity index (χ1v) is 10.2. The molecule has 2 heterocycles. The Morgan fingerprint density at radius 3 is 2.59 bits per heavy atom. The highest BCUT2D eigenvalue weighted by molar-refractivity contribution is 6.30. The van der Waals surface area contributed by atoms with E-state index in [0.29, 0.717) is 12.0 Å². The highest BCUT2D eigenvalue weighted by atomic mass is 35.5. The number of rotatable bonds is 6. The first-order valence-electron chi connectivity index (χ1n) is 9.80. The molecule has 0 aliphatic carbocycles. The van der Waals surface area contributed by atoms with Crippen LogP contribution in [-0.2, 0) is 13.0 Å². The lowest BCUT2D eigenvalue weighted by molar-refractivity contribution is 0.0697. The first kappa shape index (κ1) is 19.7. The number of aromatic nitrogens is 1. The van der Waals surface area contributed by atoms with E-state index in [1.807, 2.05) is 42.6 Å². The predicted molar refractivity (Wildman–Crippen MR) is 111 cm³/mol. The van der Waals surface area contributed by atoms with E-state index in [2.05, 4.69) is 9.88 Å². The number of halogens is 1. The van der Waals surface area contributed by atoms with E-state index in [-0.39, 0.29) is 5.92 Å². The number of carboxylic acid groups (broad SMARTS) is 1. The number of hydrogen-bond donors (Lipinski definition) is 1. The molecule has 0 radical (unpaired) electrons. The smallest absolute Gasteiger partial charge is 0.335 e. The summed E-state index contributed by atoms with van der Waals surface area (Å²) in [6.45, 7) is 2.71. The minimum atomic E-state index is -0.895. The summed E-state index contributed by atoms with van der Waals surface area (Å²) in [5, 5.41) is 9.76. The molecule has 0 unspecified atom stereocenters. The number of likely N-dealkylation sites (tertiary alicyclic amines) is 1. The molecule has 1 saturated heterocycles. The standard InChI is InChI=1S/C23H23ClN2O3/c24-20-9-5-16(6-10-20)12-21-13-25-22(29-21)19-2-1-11-26(15-19)14-17-3-7-18(8-4-17)23(27)28/h3-10,13,19H,1-2,11-12,14-15H2,(H,27,28)/t19-/m1/s1. The number of hydrogen-bond acceptors (Lipinski definition) is 4. The summed E-state index contributed by atoms with van der Waals surface area (Å²) in [6, 6.07) is 14.9. The Bertz CT molecular complexity index is 967. The van der Waals surface area contributed by atoms with Gasteiger partial charge in [-0.05, 0) is 54.8 Å². The van der Waals surface area contributed by atoms with E-state index in [0.717, 1.165) is 60.3 Å². The number of piperidine rings is 1. The van der Waals surface area contributed by atoms with Crippen LogP contribution in [0.15, 0.2) is 59.1 Å². The molecule has 5 nitrogen and oxygen atoms in total. The van der Waals surface area contributed by atoms with Gasteiger partial charge in [0, 0.05) is 30.5 Å². The molecule has 4 rings (SSSR count). The van der Waals surface area contributed by atoms with Crippen molar-refractivity contribution in [2.45, 2.75) is 31.7 Å². The van der Waals surface area contributed by atoms with Crippen LogP contribution in [0.25, 0.3) is 0 Å². The molecule has 3 aromatic rings. The van der Waals surface area contributed by atoms with Crippen molar-refractivity contribution in [3.63, 3.8) is 0 Å². The third-order valence-corrected chi connectivity index (χ3v) is 5.58. The lowest BCUT2D eigenvalue weighted by atomic mass is 9.97. The van der Waals surface area contributed by atoms with Crippen molar-refractivity contribution >= 4 is 17.6 Å². The van der Waals surface area contributed by atoms with Crippen LogP contribution in [0.3, 0.4) is 0 Å². The van der Waals surface area contributed by atoms with Crippen LogP contribution >= 0.6 is 11.6 Å². The van der Waals surface area contributed by atoms with Crippen LogP contribution < -0.4 is 0 Å². The molecule has 29 heavy (non-hydrogen) atoms. The highest BCUT2D eigenvalue weighted by Gasteiger charge is 2.25. The number of benzene rings is 2. The molecule has 150 valence electrons. The minimum absolute atomic E-state index is 0.279. The van der Waals surface area contributed by atoms with Gasteiger partial charge in [-0.3, -0.25) is 4.90 Å². The topological polar surface area (TPSA) is 66.6 Å². The summed E-state index contributed by atoms with van der Waals surface area (Å²) in [5.41, 5.74) is 2.58. The molecule has 1 atom stereocenters. The van der Waals surface area contributed by atoms with Crippen LogP contribution in [0, 0.1) is 0 Å². The normalized spacial score (nSPS) is 17.3. The first-order chi connectivity index (χ1) is 14.1. The summed E-state index contributed by atoms with van der Waals surface area (Å²) in [6.07, 6.45) is 4.69. The summed E-state index contributed by atoms with van der Waals surface area (Å²) < 4.78 is 6.06. The molecule has 1 N–H and O–H groups in total. The molecular formula is C23H23ClN2O3. The maximum atomic E-state index is 11.0. The van der Waals surface area contributed by atoms with Gasteiger partial charge in [0.15, 0.2) is 5.89 Å². The molecule has 0 amide bonds. The Morgan fingerprint density at radius 2 is 1.86 bits per heavy atom. The molecule has 1 fully saturated rings. The van der Waals surface area contributed by atoms with E-state index >= 15 is 0 Å². The minimum Gasteiger partial charge on any atom is -0.478 e. The van der Waals surface area contributed by atoms with Gasteiger partial charge in [-0.2, -0.15) is 0 Å². The Balaban J connectivity index is 1.37. The molecule has 1 aromatic heterocycles. The Hall–Kier alpha value is -2.63. The molecule has 0 bridgehead atoms. The van der Waals surface area contributed by atoms with Gasteiger partial charge in [-0.1, -0.05) is 35.9 Å². The van der Waals surface area contributed by atoms with Crippen molar-refractivity contribution in [2.24, 2.45) is 0 Å². The number of aromatic carboxylic acids is 1. The SMILES string of the molecule is O=C(O)c1ccc(CN2CCC[C@@H](c3ncc(Cc4ccc(Cl)cc4)o3)C2)cc1. The summed E-state index contributed by atoms with van der Waals surface area (Å²) in [5.74, 6) is 1.05. The van der Waals surface area contributed by atoms with Crippen LogP contribution in [0.5, 0.6) is 0 Å². The lowest BCUT2D eigenvalue weighted by Crippen LogP contribution is -2.34. The van der Waals surface area contributed by atoms with Gasteiger partial charge in [-0.25, -0.2) is 9.78 Å². The summed E-state index contributed by atoms with van der Waals surface area (Å²) in [7, 11) is 0. The number of carbonyl (C=O) groups is 1. The van der Waals surface area contributed by atoms with Gasteiger partial charge in [0.2, 0.25) is 0 Å². The summed E-state index contributed by atoms with van der Waals surface area (Å²) in [4.78, 5) is 17.9. The second-order valence-electron chi connectivity index (χ2n) is 7.54. The van der Waals surface area contributed by atoms with Crippen molar-refractivity contribution < 1.29 is 14.3 Å². The summed E-state index contributed by atoms with van der Waals surface area (Å²) >= 11 is 5.95. The second kappa shape index (κ2) is 8.80. The maximum Gasteiger partial charge on any atom is 0.335 e. The van der Waals surface area contributed by atoms with E-state index in [1.54, 1.807) is 12.1 Å². The average Bonchev–Trinajstić information content (AvgIpc) is 3.19. The van der Waals surface area contributed by atoms with Crippen molar-refractivity contribution in [3.05, 3.63) is 88.1 Å². The molecule has 6 heteroatoms. The van der Waals surface area contributed by atoms with Gasteiger partial charge < -0.3 is 9.52 Å². The van der Waals surface area contributed by atoms with Gasteiger partial charge in [0.05, 0.1) is 11.8 Å². The van der Waals surface area contributed by atoms with Crippen LogP contribution in [0.1, 0.15) is 51.9 Å². The van der Waals surface area contributed by atoms with Crippen molar-refractivity contribution in [3.8, 4) is 0 Å². The van der Waals surface area contributed by atoms with Crippen LogP contribution in [0.2, 0.25) is 5.02 Å². The van der Waals surface area contributed by atoms with Gasteiger partial charge >= 0.3 is 5.97 Å². The van der Waals surface area contributed by atoms with Gasteiger partial charge in [0.25, 0.3) is 0 Å². The van der Waals surface area contributed by atoms with Crippen LogP contribution in [-0.4, -0.2) is 34.0 Å². The fraction of sp³-hybridized carbons (Fsp3) is 0.304. The van der Waals surface area contributed by atoms with E-state index in [1.165, 1.54) is 0 Å². The molecule has 2 aromatic carbocycles. The Kier molecular flexibility index (Phi) is 5.97. The molecule has 0 spiro atoms. The molecular weight excluding hydrogens is 388 g/mol. The number of nitrogens with zero attached hydrogens (tertiary/aromatic N) is 2. The molecule has 1 aliphatic rings. The zero-order chi connectivity index (χ0) is 20.2. The Morgan fingerprint density at radius 1 is 1.14 bits per heavy atom. The van der Waals surface area contributed by atoms with E-state index in [4.69, 9.17) is 21.1 Å². The zero-order valence-electron chi connectivity index (χ0n) is 16.1. The largest absolute Gasteiger partial charge is 0.478 e. The van der Waals surface area contributed by atoms with Gasteiger partial charge in [0.1, 0.15) is 5.76 Å². The molecule has 0 saturated carbocycles. The highest BCUT2D eigenvalue weighted by Crippen LogP contribution is 2.28. The third-order valence-electron chi connectivity index (χ3n) is 5.32. The van der Waals surface area contributed by atoms with Crippen molar-refractivity contribution in [1.82, 2.24) is 9.88 Å². The van der Waals surface area contributed by atoms with Crippen molar-refractivity contribution in [2.75, 3.05) is 13.1 Å². The average molecular weight is 411 g/mol. The second-order valence-corrected chi connectivity index (χ2v) is 7.98. The molecule has 1 aliphatic heterocycles. The van der Waals surface area contributed by atoms with Gasteiger partial charge in [-0.15, -0.1) is 0 Å². The van der Waals surface area contributed by atoms with Crippen molar-refractivity contribution in [1.29, 1.82) is 0 Å². The van der Waals surface area contributed by atoms with E-state index < -0.39 is 5.97 Å². The maximum absolute atomic E-state index is 11.0. The number of carboxylic acids is 1. The monoisotopic (exact) mass is 410 g/mol. The quantitative estimate of drug-likeness (QED) is 0.619. The van der Waals surface area contributed by atoms with Crippen LogP contribution in [0.4, 0.5) is 0 Å². The number of oxazole rings is 1. The van der Waals surface area contributed by atoms with E-state index in [9.17, 15) is 4.79 Å². The predicted octanol–water partition coefficient (Wildman–Crippen LogP) is 5.00. The fourth-order valence-electron chi connectivity index (χ4n) is 3.81. The fourth-order valence-corrected chi connectivity index (χ4v) is 3.93. The zero-order valence-corrected chi connectivity index (χ0v) is 16.8. The Labute approximate surface area is 174 Å².